The smallest absolute Gasteiger partial charge is 0.321 e. The first kappa shape index (κ1) is 16.9. The van der Waals surface area contributed by atoms with Crippen LogP contribution >= 0.6 is 0 Å². The van der Waals surface area contributed by atoms with E-state index in [4.69, 9.17) is 5.11 Å². The van der Waals surface area contributed by atoms with E-state index in [9.17, 15) is 18.0 Å². The van der Waals surface area contributed by atoms with Gasteiger partial charge in [-0.25, -0.2) is 8.42 Å². The Balaban J connectivity index is 5.24. The molecule has 0 aliphatic carbocycles. The Hall–Kier alpha value is -1.11. The van der Waals surface area contributed by atoms with E-state index in [0.717, 1.165) is 0 Å². The van der Waals surface area contributed by atoms with Crippen LogP contribution in [-0.4, -0.2) is 53.9 Å². The van der Waals surface area contributed by atoms with Crippen LogP contribution in [-0.2, 0) is 19.4 Å². The molecule has 18 heavy (non-hydrogen) atoms. The summed E-state index contributed by atoms with van der Waals surface area (Å²) in [6, 6.07) is 0. The monoisotopic (exact) mass is 279 g/mol. The molecule has 0 bridgehead atoms. The van der Waals surface area contributed by atoms with Gasteiger partial charge in [-0.15, -0.1) is 0 Å². The van der Waals surface area contributed by atoms with Gasteiger partial charge in [0.25, 0.3) is 0 Å². The van der Waals surface area contributed by atoms with E-state index < -0.39 is 32.2 Å². The number of carboxylic acids is 1. The third-order valence-corrected chi connectivity index (χ3v) is 5.47. The predicted molar refractivity (Wildman–Crippen MR) is 68.0 cm³/mol. The number of sulfone groups is 1. The summed E-state index contributed by atoms with van der Waals surface area (Å²) in [4.78, 5) is 24.2. The van der Waals surface area contributed by atoms with Gasteiger partial charge in [-0.05, 0) is 27.2 Å². The van der Waals surface area contributed by atoms with Crippen molar-refractivity contribution in [3.05, 3.63) is 0 Å². The molecule has 106 valence electrons. The maximum Gasteiger partial charge on any atom is 0.321 e. The largest absolute Gasteiger partial charge is 0.480 e. The van der Waals surface area contributed by atoms with E-state index in [1.54, 1.807) is 13.8 Å². The number of rotatable bonds is 7. The summed E-state index contributed by atoms with van der Waals surface area (Å²) in [6.45, 7) is 7.02. The van der Waals surface area contributed by atoms with Gasteiger partial charge in [0.05, 0.1) is 0 Å². The normalized spacial score (nSPS) is 14.9. The van der Waals surface area contributed by atoms with E-state index >= 15 is 0 Å². The average molecular weight is 279 g/mol. The molecule has 0 radical (unpaired) electrons. The fourth-order valence-electron chi connectivity index (χ4n) is 1.73. The molecule has 0 saturated heterocycles. The second-order valence-corrected chi connectivity index (χ2v) is 6.43. The molecule has 0 heterocycles. The number of amides is 1. The highest BCUT2D eigenvalue weighted by atomic mass is 32.2. The summed E-state index contributed by atoms with van der Waals surface area (Å²) in [5, 5.41) is 6.05. The van der Waals surface area contributed by atoms with Gasteiger partial charge in [0.1, 0.15) is 5.25 Å². The van der Waals surface area contributed by atoms with Crippen LogP contribution in [0.2, 0.25) is 0 Å². The van der Waals surface area contributed by atoms with Crippen molar-refractivity contribution < 1.29 is 23.1 Å². The average Bonchev–Trinajstić information content (AvgIpc) is 2.29. The first-order valence-electron chi connectivity index (χ1n) is 5.98. The number of aliphatic carboxylic acids is 1. The number of carboxylic acid groups (broad SMARTS) is 1. The lowest BCUT2D eigenvalue weighted by Gasteiger charge is -2.24. The first-order valence-corrected chi connectivity index (χ1v) is 7.59. The highest BCUT2D eigenvalue weighted by Gasteiger charge is 2.40. The molecule has 0 saturated carbocycles. The van der Waals surface area contributed by atoms with E-state index in [-0.39, 0.29) is 6.42 Å². The van der Waals surface area contributed by atoms with Crippen LogP contribution in [0.3, 0.4) is 0 Å². The van der Waals surface area contributed by atoms with Crippen LogP contribution in [0, 0.1) is 0 Å². The lowest BCUT2D eigenvalue weighted by Crippen LogP contribution is -2.46. The van der Waals surface area contributed by atoms with E-state index in [1.807, 2.05) is 0 Å². The minimum atomic E-state index is -4.01. The lowest BCUT2D eigenvalue weighted by molar-refractivity contribution is -0.136. The van der Waals surface area contributed by atoms with Gasteiger partial charge in [-0.1, -0.05) is 6.92 Å². The Morgan fingerprint density at radius 2 is 1.61 bits per heavy atom. The predicted octanol–water partition coefficient (Wildman–Crippen LogP) is 0.521. The molecule has 0 aliphatic heterocycles. The molecule has 0 rings (SSSR count). The molecule has 1 amide bonds. The van der Waals surface area contributed by atoms with Crippen LogP contribution in [0.4, 0.5) is 0 Å². The Morgan fingerprint density at radius 3 is 1.89 bits per heavy atom. The van der Waals surface area contributed by atoms with Gasteiger partial charge in [0.2, 0.25) is 5.91 Å². The Kier molecular flexibility index (Phi) is 6.31. The van der Waals surface area contributed by atoms with Crippen molar-refractivity contribution in [1.29, 1.82) is 0 Å². The summed E-state index contributed by atoms with van der Waals surface area (Å²) in [5.74, 6) is -1.95. The van der Waals surface area contributed by atoms with Crippen molar-refractivity contribution in [1.82, 2.24) is 4.90 Å². The molecule has 2 unspecified atom stereocenters. The molecule has 0 aliphatic rings. The SMILES string of the molecule is CCC(C(=O)O)S(=O)(=O)C(C)C(=O)N(CC)CC. The lowest BCUT2D eigenvalue weighted by atomic mass is 10.3. The van der Waals surface area contributed by atoms with Gasteiger partial charge in [0, 0.05) is 13.1 Å². The Bertz CT molecular complexity index is 400. The molecule has 0 aromatic heterocycles. The van der Waals surface area contributed by atoms with Crippen LogP contribution in [0.5, 0.6) is 0 Å². The van der Waals surface area contributed by atoms with Crippen LogP contribution in [0.1, 0.15) is 34.1 Å². The Morgan fingerprint density at radius 1 is 1.17 bits per heavy atom. The molecule has 0 aromatic carbocycles. The molecule has 6 nitrogen and oxygen atoms in total. The Labute approximate surface area is 108 Å². The molecule has 1 N–H and O–H groups in total. The second-order valence-electron chi connectivity index (χ2n) is 3.98. The first-order chi connectivity index (χ1) is 8.23. The summed E-state index contributed by atoms with van der Waals surface area (Å²) >= 11 is 0. The minimum Gasteiger partial charge on any atom is -0.480 e. The molecule has 0 spiro atoms. The maximum absolute atomic E-state index is 12.1. The molecular formula is C11H21NO5S. The second kappa shape index (κ2) is 6.72. The number of carbonyl (C=O) groups excluding carboxylic acids is 1. The highest BCUT2D eigenvalue weighted by molar-refractivity contribution is 7.94. The fraction of sp³-hybridized carbons (Fsp3) is 0.818. The highest BCUT2D eigenvalue weighted by Crippen LogP contribution is 2.15. The van der Waals surface area contributed by atoms with E-state index in [2.05, 4.69) is 0 Å². The number of nitrogens with zero attached hydrogens (tertiary/aromatic N) is 1. The number of hydrogen-bond acceptors (Lipinski definition) is 4. The molecular weight excluding hydrogens is 258 g/mol. The molecule has 0 fully saturated rings. The van der Waals surface area contributed by atoms with Crippen molar-refractivity contribution in [2.45, 2.75) is 44.6 Å². The van der Waals surface area contributed by atoms with Gasteiger partial charge in [-0.2, -0.15) is 0 Å². The summed E-state index contributed by atoms with van der Waals surface area (Å²) in [6.07, 6.45) is -0.0481. The van der Waals surface area contributed by atoms with Gasteiger partial charge < -0.3 is 10.0 Å². The van der Waals surface area contributed by atoms with Crippen LogP contribution in [0.25, 0.3) is 0 Å². The number of hydrogen-bond donors (Lipinski definition) is 1. The van der Waals surface area contributed by atoms with E-state index in [0.29, 0.717) is 13.1 Å². The number of carbonyl (C=O) groups is 2. The van der Waals surface area contributed by atoms with Crippen LogP contribution < -0.4 is 0 Å². The molecule has 7 heteroatoms. The summed E-state index contributed by atoms with van der Waals surface area (Å²) in [7, 11) is -4.01. The third kappa shape index (κ3) is 3.44. The van der Waals surface area contributed by atoms with E-state index in [1.165, 1.54) is 18.7 Å². The molecule has 2 atom stereocenters. The quantitative estimate of drug-likeness (QED) is 0.733. The third-order valence-electron chi connectivity index (χ3n) is 2.96. The summed E-state index contributed by atoms with van der Waals surface area (Å²) < 4.78 is 24.1. The standard InChI is InChI=1S/C11H21NO5S/c1-5-9(11(14)15)18(16,17)8(4)10(13)12(6-2)7-3/h8-9H,5-7H2,1-4H3,(H,14,15). The van der Waals surface area contributed by atoms with Crippen molar-refractivity contribution >= 4 is 21.7 Å². The minimum absolute atomic E-state index is 0.0481. The van der Waals surface area contributed by atoms with Crippen molar-refractivity contribution in [2.75, 3.05) is 13.1 Å². The van der Waals surface area contributed by atoms with Gasteiger partial charge in [-0.3, -0.25) is 9.59 Å². The maximum atomic E-state index is 12.1. The zero-order chi connectivity index (χ0) is 14.5. The van der Waals surface area contributed by atoms with Crippen LogP contribution in [0.15, 0.2) is 0 Å². The van der Waals surface area contributed by atoms with Gasteiger partial charge in [0.15, 0.2) is 15.1 Å². The summed E-state index contributed by atoms with van der Waals surface area (Å²) in [5.41, 5.74) is 0. The van der Waals surface area contributed by atoms with Crippen molar-refractivity contribution in [3.8, 4) is 0 Å². The molecule has 0 aromatic rings. The van der Waals surface area contributed by atoms with Crippen molar-refractivity contribution in [3.63, 3.8) is 0 Å². The zero-order valence-electron chi connectivity index (χ0n) is 11.2. The zero-order valence-corrected chi connectivity index (χ0v) is 12.0. The topological polar surface area (TPSA) is 91.7 Å². The van der Waals surface area contributed by atoms with Crippen molar-refractivity contribution in [2.24, 2.45) is 0 Å². The van der Waals surface area contributed by atoms with Gasteiger partial charge >= 0.3 is 5.97 Å². The fourth-order valence-corrected chi connectivity index (χ4v) is 3.40.